The zero-order valence-electron chi connectivity index (χ0n) is 7.30. The minimum atomic E-state index is -0.490. The Morgan fingerprint density at radius 2 is 2.14 bits per heavy atom. The molecule has 2 aromatic rings. The Hall–Kier alpha value is -0.570. The molecule has 1 nitrogen and oxygen atoms in total. The van der Waals surface area contributed by atoms with Crippen molar-refractivity contribution in [3.05, 3.63) is 33.7 Å². The van der Waals surface area contributed by atoms with Crippen molar-refractivity contribution in [2.24, 2.45) is 0 Å². The predicted octanol–water partition coefficient (Wildman–Crippen LogP) is 4.24. The highest BCUT2D eigenvalue weighted by Gasteiger charge is 2.15. The zero-order valence-corrected chi connectivity index (χ0v) is 9.63. The Balaban J connectivity index is 2.87. The number of fused-ring (bicyclic) bond motifs is 1. The highest BCUT2D eigenvalue weighted by Crippen LogP contribution is 2.37. The normalized spacial score (nSPS) is 10.8. The summed E-state index contributed by atoms with van der Waals surface area (Å²) < 4.78 is 0.999. The van der Waals surface area contributed by atoms with Crippen molar-refractivity contribution in [3.63, 3.8) is 0 Å². The minimum Gasteiger partial charge on any atom is -0.275 e. The highest BCUT2D eigenvalue weighted by atomic mass is 35.5. The van der Waals surface area contributed by atoms with Crippen molar-refractivity contribution in [1.29, 1.82) is 0 Å². The van der Waals surface area contributed by atoms with E-state index in [0.717, 1.165) is 15.6 Å². The maximum atomic E-state index is 11.0. The first-order chi connectivity index (χ1) is 6.61. The van der Waals surface area contributed by atoms with Gasteiger partial charge >= 0.3 is 0 Å². The van der Waals surface area contributed by atoms with Crippen LogP contribution >= 0.6 is 34.5 Å². The molecule has 0 saturated heterocycles. The predicted molar refractivity (Wildman–Crippen MR) is 61.8 cm³/mol. The van der Waals surface area contributed by atoms with Gasteiger partial charge in [0.1, 0.15) is 4.88 Å². The Bertz CT molecular complexity index is 516. The monoisotopic (exact) mass is 244 g/mol. The van der Waals surface area contributed by atoms with Crippen LogP contribution in [0.3, 0.4) is 0 Å². The number of aryl methyl sites for hydroxylation is 1. The first-order valence-electron chi connectivity index (χ1n) is 3.98. The van der Waals surface area contributed by atoms with E-state index < -0.39 is 5.24 Å². The van der Waals surface area contributed by atoms with Crippen molar-refractivity contribution in [3.8, 4) is 0 Å². The van der Waals surface area contributed by atoms with Gasteiger partial charge in [0.25, 0.3) is 5.24 Å². The fraction of sp³-hybridized carbons (Fsp3) is 0.100. The topological polar surface area (TPSA) is 17.1 Å². The van der Waals surface area contributed by atoms with Gasteiger partial charge in [0.05, 0.1) is 5.02 Å². The van der Waals surface area contributed by atoms with Crippen LogP contribution < -0.4 is 0 Å². The molecule has 0 aliphatic heterocycles. The molecule has 0 atom stereocenters. The first-order valence-corrected chi connectivity index (χ1v) is 5.56. The van der Waals surface area contributed by atoms with Crippen molar-refractivity contribution < 1.29 is 4.79 Å². The molecule has 0 spiro atoms. The third-order valence-corrected chi connectivity index (χ3v) is 3.99. The lowest BCUT2D eigenvalue weighted by atomic mass is 10.1. The molecular formula is C10H6Cl2OS. The number of hydrogen-bond donors (Lipinski definition) is 0. The van der Waals surface area contributed by atoms with Gasteiger partial charge < -0.3 is 0 Å². The Kier molecular flexibility index (Phi) is 2.52. The zero-order chi connectivity index (χ0) is 10.3. The smallest absolute Gasteiger partial charge is 0.263 e. The van der Waals surface area contributed by atoms with Crippen molar-refractivity contribution in [2.75, 3.05) is 0 Å². The fourth-order valence-electron chi connectivity index (χ4n) is 1.40. The molecule has 0 bridgehead atoms. The van der Waals surface area contributed by atoms with Gasteiger partial charge in [-0.1, -0.05) is 23.7 Å². The van der Waals surface area contributed by atoms with E-state index in [2.05, 4.69) is 0 Å². The summed E-state index contributed by atoms with van der Waals surface area (Å²) in [5.41, 5.74) is 1.06. The number of halogens is 2. The standard InChI is InChI=1S/C10H6Cl2OS/c1-5-3-2-4-6-7(5)8(11)9(14-6)10(12)13/h2-4H,1H3. The van der Waals surface area contributed by atoms with Crippen LogP contribution in [0.25, 0.3) is 10.1 Å². The van der Waals surface area contributed by atoms with E-state index in [-0.39, 0.29) is 0 Å². The molecule has 0 fully saturated rings. The Morgan fingerprint density at radius 3 is 2.71 bits per heavy atom. The molecule has 72 valence electrons. The molecule has 2 rings (SSSR count). The number of carbonyl (C=O) groups is 1. The van der Waals surface area contributed by atoms with Gasteiger partial charge in [-0.3, -0.25) is 4.79 Å². The van der Waals surface area contributed by atoms with Crippen LogP contribution in [-0.2, 0) is 0 Å². The van der Waals surface area contributed by atoms with E-state index in [4.69, 9.17) is 23.2 Å². The van der Waals surface area contributed by atoms with E-state index in [0.29, 0.717) is 9.90 Å². The van der Waals surface area contributed by atoms with Gasteiger partial charge in [-0.05, 0) is 30.2 Å². The molecule has 0 amide bonds. The third-order valence-electron chi connectivity index (χ3n) is 2.04. The maximum Gasteiger partial charge on any atom is 0.263 e. The van der Waals surface area contributed by atoms with Crippen LogP contribution in [0.15, 0.2) is 18.2 Å². The molecule has 0 aliphatic carbocycles. The van der Waals surface area contributed by atoms with E-state index in [1.54, 1.807) is 0 Å². The summed E-state index contributed by atoms with van der Waals surface area (Å²) >= 11 is 12.8. The summed E-state index contributed by atoms with van der Waals surface area (Å²) in [6.07, 6.45) is 0. The molecular weight excluding hydrogens is 239 g/mol. The summed E-state index contributed by atoms with van der Waals surface area (Å²) in [6.45, 7) is 1.96. The minimum absolute atomic E-state index is 0.428. The van der Waals surface area contributed by atoms with Crippen LogP contribution in [0, 0.1) is 6.92 Å². The number of thiophene rings is 1. The SMILES string of the molecule is Cc1cccc2sc(C(=O)Cl)c(Cl)c12. The van der Waals surface area contributed by atoms with Gasteiger partial charge in [-0.2, -0.15) is 0 Å². The van der Waals surface area contributed by atoms with Crippen molar-refractivity contribution in [2.45, 2.75) is 6.92 Å². The van der Waals surface area contributed by atoms with Gasteiger partial charge in [0, 0.05) is 10.1 Å². The summed E-state index contributed by atoms with van der Waals surface area (Å²) in [5.74, 6) is 0. The van der Waals surface area contributed by atoms with Crippen LogP contribution in [0.2, 0.25) is 5.02 Å². The second-order valence-electron chi connectivity index (χ2n) is 2.97. The molecule has 0 saturated carbocycles. The van der Waals surface area contributed by atoms with E-state index in [9.17, 15) is 4.79 Å². The van der Waals surface area contributed by atoms with E-state index in [1.807, 2.05) is 25.1 Å². The molecule has 14 heavy (non-hydrogen) atoms. The van der Waals surface area contributed by atoms with Gasteiger partial charge in [-0.15, -0.1) is 11.3 Å². The van der Waals surface area contributed by atoms with Crippen molar-refractivity contribution >= 4 is 49.9 Å². The molecule has 1 heterocycles. The largest absolute Gasteiger partial charge is 0.275 e. The molecule has 0 radical (unpaired) electrons. The highest BCUT2D eigenvalue weighted by molar-refractivity contribution is 7.23. The van der Waals surface area contributed by atoms with Crippen LogP contribution in [0.5, 0.6) is 0 Å². The number of rotatable bonds is 1. The van der Waals surface area contributed by atoms with E-state index >= 15 is 0 Å². The Labute approximate surface area is 95.3 Å². The average Bonchev–Trinajstić information content (AvgIpc) is 2.45. The second-order valence-corrected chi connectivity index (χ2v) is 4.74. The lowest BCUT2D eigenvalue weighted by molar-refractivity contribution is 0.108. The number of hydrogen-bond acceptors (Lipinski definition) is 2. The molecule has 0 aliphatic rings. The van der Waals surface area contributed by atoms with Crippen LogP contribution in [0.1, 0.15) is 15.2 Å². The third kappa shape index (κ3) is 1.44. The first kappa shape index (κ1) is 9.97. The number of benzene rings is 1. The molecule has 1 aromatic carbocycles. The summed E-state index contributed by atoms with van der Waals surface area (Å²) in [7, 11) is 0. The molecule has 0 unspecified atom stereocenters. The fourth-order valence-corrected chi connectivity index (χ4v) is 3.17. The van der Waals surface area contributed by atoms with Crippen LogP contribution in [0.4, 0.5) is 0 Å². The second kappa shape index (κ2) is 3.54. The van der Waals surface area contributed by atoms with Crippen molar-refractivity contribution in [1.82, 2.24) is 0 Å². The molecule has 4 heteroatoms. The quantitative estimate of drug-likeness (QED) is 0.686. The maximum absolute atomic E-state index is 11.0. The van der Waals surface area contributed by atoms with Gasteiger partial charge in [0.15, 0.2) is 0 Å². The van der Waals surface area contributed by atoms with Gasteiger partial charge in [0.2, 0.25) is 0 Å². The molecule has 0 N–H and O–H groups in total. The summed E-state index contributed by atoms with van der Waals surface area (Å²) in [6, 6.07) is 5.83. The lowest BCUT2D eigenvalue weighted by Gasteiger charge is -1.94. The summed E-state index contributed by atoms with van der Waals surface area (Å²) in [4.78, 5) is 11.5. The molecule has 1 aromatic heterocycles. The number of carbonyl (C=O) groups excluding carboxylic acids is 1. The van der Waals surface area contributed by atoms with Gasteiger partial charge in [-0.25, -0.2) is 0 Å². The average molecular weight is 245 g/mol. The lowest BCUT2D eigenvalue weighted by Crippen LogP contribution is -1.82. The van der Waals surface area contributed by atoms with Crippen LogP contribution in [-0.4, -0.2) is 5.24 Å². The summed E-state index contributed by atoms with van der Waals surface area (Å²) in [5, 5.41) is 0.918. The Morgan fingerprint density at radius 1 is 1.43 bits per heavy atom. The van der Waals surface area contributed by atoms with E-state index in [1.165, 1.54) is 11.3 Å².